The number of rotatable bonds is 6. The van der Waals surface area contributed by atoms with E-state index >= 15 is 0 Å². The second-order valence-electron chi connectivity index (χ2n) is 5.54. The third-order valence-corrected chi connectivity index (χ3v) is 3.63. The number of ether oxygens (including phenoxy) is 1. The predicted molar refractivity (Wildman–Crippen MR) is 82.1 cm³/mol. The van der Waals surface area contributed by atoms with Crippen LogP contribution in [0.25, 0.3) is 0 Å². The van der Waals surface area contributed by atoms with Gasteiger partial charge in [-0.15, -0.1) is 0 Å². The van der Waals surface area contributed by atoms with Gasteiger partial charge in [0.1, 0.15) is 18.2 Å². The Labute approximate surface area is 121 Å². The van der Waals surface area contributed by atoms with E-state index in [1.165, 1.54) is 6.42 Å². The van der Waals surface area contributed by atoms with E-state index in [4.69, 9.17) is 4.74 Å². The first-order valence-electron chi connectivity index (χ1n) is 7.60. The summed E-state index contributed by atoms with van der Waals surface area (Å²) in [5.41, 5.74) is 0. The molecule has 0 saturated carbocycles. The molecule has 1 aromatic heterocycles. The van der Waals surface area contributed by atoms with Crippen LogP contribution in [0, 0.1) is 5.92 Å². The molecule has 0 spiro atoms. The average Bonchev–Trinajstić information content (AvgIpc) is 2.75. The van der Waals surface area contributed by atoms with Gasteiger partial charge >= 0.3 is 0 Å². The van der Waals surface area contributed by atoms with Gasteiger partial charge in [-0.25, -0.2) is 9.97 Å². The van der Waals surface area contributed by atoms with E-state index in [1.807, 2.05) is 13.0 Å². The molecule has 5 heteroatoms. The molecule has 1 aliphatic rings. The van der Waals surface area contributed by atoms with Crippen molar-refractivity contribution in [1.82, 2.24) is 9.97 Å². The standard InChI is InChI=1S/C15H26N4O/c1-5-16-13-8-15(18-14(17-13)10-20-6-2)19-9-11(3)7-12(19)4/h8,11-12H,5-7,9-10H2,1-4H3,(H,16,17,18). The second kappa shape index (κ2) is 6.88. The van der Waals surface area contributed by atoms with Crippen molar-refractivity contribution in [3.8, 4) is 0 Å². The van der Waals surface area contributed by atoms with E-state index in [1.54, 1.807) is 0 Å². The Bertz CT molecular complexity index is 438. The molecule has 2 atom stereocenters. The maximum absolute atomic E-state index is 5.45. The molecule has 0 bridgehead atoms. The molecule has 2 heterocycles. The molecule has 112 valence electrons. The lowest BCUT2D eigenvalue weighted by Gasteiger charge is -2.23. The highest BCUT2D eigenvalue weighted by Crippen LogP contribution is 2.28. The van der Waals surface area contributed by atoms with Crippen LogP contribution in [0.3, 0.4) is 0 Å². The second-order valence-corrected chi connectivity index (χ2v) is 5.54. The summed E-state index contributed by atoms with van der Waals surface area (Å²) in [7, 11) is 0. The summed E-state index contributed by atoms with van der Waals surface area (Å²) in [5, 5.41) is 3.28. The molecular formula is C15H26N4O. The molecule has 1 aliphatic heterocycles. The number of nitrogens with zero attached hydrogens (tertiary/aromatic N) is 3. The van der Waals surface area contributed by atoms with Crippen LogP contribution in [-0.4, -0.2) is 35.7 Å². The lowest BCUT2D eigenvalue weighted by molar-refractivity contribution is 0.128. The molecule has 0 aromatic carbocycles. The van der Waals surface area contributed by atoms with E-state index in [0.717, 1.165) is 36.5 Å². The first-order valence-corrected chi connectivity index (χ1v) is 7.60. The average molecular weight is 278 g/mol. The summed E-state index contributed by atoms with van der Waals surface area (Å²) in [5.74, 6) is 3.38. The predicted octanol–water partition coefficient (Wildman–Crippen LogP) is 2.68. The number of hydrogen-bond acceptors (Lipinski definition) is 5. The maximum Gasteiger partial charge on any atom is 0.158 e. The van der Waals surface area contributed by atoms with Crippen LogP contribution in [0.2, 0.25) is 0 Å². The molecule has 2 unspecified atom stereocenters. The minimum atomic E-state index is 0.473. The smallest absolute Gasteiger partial charge is 0.158 e. The Morgan fingerprint density at radius 1 is 1.35 bits per heavy atom. The van der Waals surface area contributed by atoms with Crippen molar-refractivity contribution in [3.63, 3.8) is 0 Å². The van der Waals surface area contributed by atoms with Gasteiger partial charge in [0.25, 0.3) is 0 Å². The van der Waals surface area contributed by atoms with Crippen molar-refractivity contribution in [2.24, 2.45) is 5.92 Å². The molecule has 20 heavy (non-hydrogen) atoms. The molecule has 0 aliphatic carbocycles. The number of nitrogens with one attached hydrogen (secondary N) is 1. The van der Waals surface area contributed by atoms with E-state index in [2.05, 4.69) is 41.0 Å². The molecule has 5 nitrogen and oxygen atoms in total. The summed E-state index contributed by atoms with van der Waals surface area (Å²) in [6.45, 7) is 11.7. The quantitative estimate of drug-likeness (QED) is 0.867. The molecule has 1 fully saturated rings. The van der Waals surface area contributed by atoms with Crippen molar-refractivity contribution in [1.29, 1.82) is 0 Å². The van der Waals surface area contributed by atoms with Gasteiger partial charge in [0.2, 0.25) is 0 Å². The van der Waals surface area contributed by atoms with Crippen LogP contribution in [0.1, 0.15) is 39.9 Å². The fraction of sp³-hybridized carbons (Fsp3) is 0.733. The SMILES string of the molecule is CCNc1cc(N2CC(C)CC2C)nc(COCC)n1. The van der Waals surface area contributed by atoms with Crippen LogP contribution >= 0.6 is 0 Å². The fourth-order valence-electron chi connectivity index (χ4n) is 2.78. The first-order chi connectivity index (χ1) is 9.63. The maximum atomic E-state index is 5.45. The number of anilines is 2. The Morgan fingerprint density at radius 2 is 2.15 bits per heavy atom. The molecule has 1 saturated heterocycles. The normalized spacial score (nSPS) is 22.3. The minimum absolute atomic E-state index is 0.473. The van der Waals surface area contributed by atoms with Gasteiger partial charge < -0.3 is 15.0 Å². The van der Waals surface area contributed by atoms with E-state index in [9.17, 15) is 0 Å². The summed E-state index contributed by atoms with van der Waals surface area (Å²) in [6, 6.07) is 2.59. The van der Waals surface area contributed by atoms with Gasteiger partial charge in [0.15, 0.2) is 5.82 Å². The van der Waals surface area contributed by atoms with E-state index < -0.39 is 0 Å². The van der Waals surface area contributed by atoms with Crippen molar-refractivity contribution in [2.45, 2.75) is 46.8 Å². The molecule has 1 N–H and O–H groups in total. The Balaban J connectivity index is 2.23. The van der Waals surface area contributed by atoms with Crippen LogP contribution in [0.4, 0.5) is 11.6 Å². The molecular weight excluding hydrogens is 252 g/mol. The molecule has 2 rings (SSSR count). The third kappa shape index (κ3) is 3.60. The van der Waals surface area contributed by atoms with Crippen LogP contribution < -0.4 is 10.2 Å². The Kier molecular flexibility index (Phi) is 5.17. The monoisotopic (exact) mass is 278 g/mol. The lowest BCUT2D eigenvalue weighted by Crippen LogP contribution is -2.28. The summed E-state index contributed by atoms with van der Waals surface area (Å²) >= 11 is 0. The van der Waals surface area contributed by atoms with Gasteiger partial charge in [-0.3, -0.25) is 0 Å². The van der Waals surface area contributed by atoms with Crippen LogP contribution in [0.5, 0.6) is 0 Å². The minimum Gasteiger partial charge on any atom is -0.374 e. The van der Waals surface area contributed by atoms with Crippen molar-refractivity contribution < 1.29 is 4.74 Å². The zero-order valence-corrected chi connectivity index (χ0v) is 13.0. The largest absolute Gasteiger partial charge is 0.374 e. The molecule has 0 radical (unpaired) electrons. The van der Waals surface area contributed by atoms with Gasteiger partial charge in [-0.1, -0.05) is 6.92 Å². The lowest BCUT2D eigenvalue weighted by atomic mass is 10.1. The third-order valence-electron chi connectivity index (χ3n) is 3.63. The highest BCUT2D eigenvalue weighted by Gasteiger charge is 2.27. The first kappa shape index (κ1) is 15.0. The summed E-state index contributed by atoms with van der Waals surface area (Å²) in [6.07, 6.45) is 1.22. The zero-order chi connectivity index (χ0) is 14.5. The number of hydrogen-bond donors (Lipinski definition) is 1. The van der Waals surface area contributed by atoms with Gasteiger partial charge in [-0.2, -0.15) is 0 Å². The van der Waals surface area contributed by atoms with E-state index in [-0.39, 0.29) is 0 Å². The van der Waals surface area contributed by atoms with Crippen molar-refractivity contribution in [2.75, 3.05) is 29.9 Å². The Hall–Kier alpha value is -1.36. The summed E-state index contributed by atoms with van der Waals surface area (Å²) in [4.78, 5) is 11.5. The molecule has 0 amide bonds. The fourth-order valence-corrected chi connectivity index (χ4v) is 2.78. The highest BCUT2D eigenvalue weighted by atomic mass is 16.5. The van der Waals surface area contributed by atoms with Gasteiger partial charge in [0, 0.05) is 31.8 Å². The Morgan fingerprint density at radius 3 is 2.75 bits per heavy atom. The van der Waals surface area contributed by atoms with Gasteiger partial charge in [-0.05, 0) is 33.1 Å². The van der Waals surface area contributed by atoms with E-state index in [0.29, 0.717) is 19.3 Å². The topological polar surface area (TPSA) is 50.3 Å². The van der Waals surface area contributed by atoms with Crippen molar-refractivity contribution >= 4 is 11.6 Å². The van der Waals surface area contributed by atoms with Crippen molar-refractivity contribution in [3.05, 3.63) is 11.9 Å². The zero-order valence-electron chi connectivity index (χ0n) is 13.0. The van der Waals surface area contributed by atoms with Gasteiger partial charge in [0.05, 0.1) is 0 Å². The van der Waals surface area contributed by atoms with Crippen LogP contribution in [-0.2, 0) is 11.3 Å². The highest BCUT2D eigenvalue weighted by molar-refractivity contribution is 5.50. The summed E-state index contributed by atoms with van der Waals surface area (Å²) < 4.78 is 5.45. The van der Waals surface area contributed by atoms with Crippen LogP contribution in [0.15, 0.2) is 6.07 Å². The number of aromatic nitrogens is 2. The molecule has 1 aromatic rings.